The number of carbonyl (C=O) groups is 2. The number of methoxy groups -OCH3 is 1. The van der Waals surface area contributed by atoms with E-state index >= 15 is 0 Å². The minimum atomic E-state index is -0.341. The number of ether oxygens (including phenoxy) is 4. The maximum atomic E-state index is 13.1. The molecule has 194 valence electrons. The molecule has 8 nitrogen and oxygen atoms in total. The predicted molar refractivity (Wildman–Crippen MR) is 128 cm³/mol. The van der Waals surface area contributed by atoms with Crippen LogP contribution in [0, 0.1) is 23.7 Å². The molecule has 6 fully saturated rings. The van der Waals surface area contributed by atoms with Crippen molar-refractivity contribution in [3.05, 3.63) is 11.6 Å². The van der Waals surface area contributed by atoms with Gasteiger partial charge in [-0.25, -0.2) is 4.79 Å². The molecule has 2 saturated carbocycles. The average molecular weight is 489 g/mol. The Morgan fingerprint density at radius 3 is 2.40 bits per heavy atom. The van der Waals surface area contributed by atoms with Gasteiger partial charge in [0.2, 0.25) is 5.91 Å². The van der Waals surface area contributed by atoms with Gasteiger partial charge in [0.05, 0.1) is 18.6 Å². The summed E-state index contributed by atoms with van der Waals surface area (Å²) in [5.41, 5.74) is 0.718. The van der Waals surface area contributed by atoms with Gasteiger partial charge in [-0.2, -0.15) is 0 Å². The van der Waals surface area contributed by atoms with Gasteiger partial charge in [-0.15, -0.1) is 0 Å². The molecular formula is C27H40N2O6. The molecule has 6 aliphatic rings. The number of hydrogen-bond donors (Lipinski definition) is 0. The molecule has 0 aromatic carbocycles. The number of piperidine rings is 1. The molecule has 0 aromatic heterocycles. The summed E-state index contributed by atoms with van der Waals surface area (Å²) < 4.78 is 24.4. The molecule has 8 heteroatoms. The fourth-order valence-electron chi connectivity index (χ4n) is 7.46. The van der Waals surface area contributed by atoms with Crippen LogP contribution in [-0.2, 0) is 23.7 Å². The maximum absolute atomic E-state index is 13.1. The van der Waals surface area contributed by atoms with Crippen molar-refractivity contribution in [3.63, 3.8) is 0 Å². The number of fused-ring (bicyclic) bond motifs is 1. The summed E-state index contributed by atoms with van der Waals surface area (Å²) in [5.74, 6) is 1.03. The zero-order chi connectivity index (χ0) is 24.5. The molecular weight excluding hydrogens is 448 g/mol. The number of rotatable bonds is 6. The first-order valence-corrected chi connectivity index (χ1v) is 13.5. The molecule has 0 bridgehead atoms. The molecule has 2 aliphatic carbocycles. The van der Waals surface area contributed by atoms with Crippen LogP contribution in [0.4, 0.5) is 4.79 Å². The molecule has 9 atom stereocenters. The van der Waals surface area contributed by atoms with Crippen LogP contribution in [0.3, 0.4) is 0 Å². The van der Waals surface area contributed by atoms with Crippen LogP contribution >= 0.6 is 0 Å². The smallest absolute Gasteiger partial charge is 0.410 e. The standard InChI is InChI=1S/C27H40N2O6/c1-16(2)7-8-20-26(3,35-20)23-22(32-4)19(9-10-27(23)15-33-27)34-25(31)29-13-17-18(14-29)21(17)24(30)28-11-5-6-12-28/h7,17-23H,5-6,8-15H2,1-4H3/t17-,18+,19-,20-,21+,22-,23?,26+,27+/m1/s1. The summed E-state index contributed by atoms with van der Waals surface area (Å²) >= 11 is 0. The normalized spacial score (nSPS) is 45.3. The Bertz CT molecular complexity index is 895. The number of allylic oxidation sites excluding steroid dienone is 1. The van der Waals surface area contributed by atoms with E-state index < -0.39 is 0 Å². The molecule has 4 saturated heterocycles. The molecule has 1 unspecified atom stereocenters. The second-order valence-electron chi connectivity index (χ2n) is 12.1. The van der Waals surface area contributed by atoms with Gasteiger partial charge in [-0.1, -0.05) is 11.6 Å². The van der Waals surface area contributed by atoms with E-state index in [2.05, 4.69) is 26.8 Å². The molecule has 0 aromatic rings. The van der Waals surface area contributed by atoms with E-state index in [0.29, 0.717) is 37.4 Å². The summed E-state index contributed by atoms with van der Waals surface area (Å²) in [6, 6.07) is 0. The third-order valence-electron chi connectivity index (χ3n) is 9.64. The number of nitrogens with zero attached hydrogens (tertiary/aromatic N) is 2. The Hall–Kier alpha value is -1.64. The molecule has 2 amide bonds. The number of hydrogen-bond acceptors (Lipinski definition) is 6. The second-order valence-corrected chi connectivity index (χ2v) is 12.1. The van der Waals surface area contributed by atoms with Gasteiger partial charge in [0.15, 0.2) is 0 Å². The zero-order valence-corrected chi connectivity index (χ0v) is 21.5. The maximum Gasteiger partial charge on any atom is 0.410 e. The lowest BCUT2D eigenvalue weighted by Gasteiger charge is -2.43. The zero-order valence-electron chi connectivity index (χ0n) is 21.5. The van der Waals surface area contributed by atoms with E-state index in [1.807, 2.05) is 4.90 Å². The van der Waals surface area contributed by atoms with Gasteiger partial charge in [0.1, 0.15) is 23.4 Å². The number of carbonyl (C=O) groups excluding carboxylic acids is 2. The molecule has 4 heterocycles. The highest BCUT2D eigenvalue weighted by Crippen LogP contribution is 2.60. The first-order chi connectivity index (χ1) is 16.8. The minimum Gasteiger partial charge on any atom is -0.443 e. The van der Waals surface area contributed by atoms with Gasteiger partial charge in [0, 0.05) is 39.2 Å². The van der Waals surface area contributed by atoms with Crippen LogP contribution in [0.1, 0.15) is 52.9 Å². The van der Waals surface area contributed by atoms with Crippen LogP contribution in [0.2, 0.25) is 0 Å². The Morgan fingerprint density at radius 1 is 1.11 bits per heavy atom. The molecule has 35 heavy (non-hydrogen) atoms. The number of likely N-dealkylation sites (tertiary alicyclic amines) is 2. The van der Waals surface area contributed by atoms with Gasteiger partial charge in [-0.3, -0.25) is 4.79 Å². The largest absolute Gasteiger partial charge is 0.443 e. The van der Waals surface area contributed by atoms with Gasteiger partial charge in [0.25, 0.3) is 0 Å². The van der Waals surface area contributed by atoms with Crippen molar-refractivity contribution in [2.45, 2.75) is 82.4 Å². The fourth-order valence-corrected chi connectivity index (χ4v) is 7.46. The van der Waals surface area contributed by atoms with E-state index in [0.717, 1.165) is 45.2 Å². The van der Waals surface area contributed by atoms with Crippen LogP contribution in [0.15, 0.2) is 11.6 Å². The lowest BCUT2D eigenvalue weighted by molar-refractivity contribution is -0.132. The Kier molecular flexibility index (Phi) is 5.73. The third-order valence-corrected chi connectivity index (χ3v) is 9.64. The SMILES string of the molecule is CO[C@H]1C([C@@]2(C)O[C@@H]2CC=C(C)C)[C@]2(CC[C@H]1OC(=O)N1C[C@@H]3[C@H](C1)[C@H]3C(=O)N1CCCC1)CO2. The van der Waals surface area contributed by atoms with E-state index in [9.17, 15) is 9.59 Å². The highest BCUT2D eigenvalue weighted by Gasteiger charge is 2.72. The Balaban J connectivity index is 1.07. The molecule has 6 rings (SSSR count). The van der Waals surface area contributed by atoms with E-state index in [4.69, 9.17) is 18.9 Å². The molecule has 1 spiro atoms. The highest BCUT2D eigenvalue weighted by molar-refractivity contribution is 5.83. The quantitative estimate of drug-likeness (QED) is 0.422. The first kappa shape index (κ1) is 23.7. The summed E-state index contributed by atoms with van der Waals surface area (Å²) in [4.78, 5) is 29.7. The van der Waals surface area contributed by atoms with Gasteiger partial charge in [-0.05, 0) is 64.7 Å². The summed E-state index contributed by atoms with van der Waals surface area (Å²) in [5, 5.41) is 0. The van der Waals surface area contributed by atoms with E-state index in [1.165, 1.54) is 5.57 Å². The monoisotopic (exact) mass is 488 g/mol. The lowest BCUT2D eigenvalue weighted by atomic mass is 9.68. The van der Waals surface area contributed by atoms with Crippen LogP contribution in [-0.4, -0.2) is 91.2 Å². The van der Waals surface area contributed by atoms with Crippen molar-refractivity contribution in [3.8, 4) is 0 Å². The van der Waals surface area contributed by atoms with Gasteiger partial charge >= 0.3 is 6.09 Å². The van der Waals surface area contributed by atoms with Crippen molar-refractivity contribution in [1.29, 1.82) is 0 Å². The van der Waals surface area contributed by atoms with E-state index in [-0.39, 0.29) is 47.4 Å². The summed E-state index contributed by atoms with van der Waals surface area (Å²) in [6.07, 6.45) is 6.17. The van der Waals surface area contributed by atoms with Crippen LogP contribution in [0.5, 0.6) is 0 Å². The van der Waals surface area contributed by atoms with Crippen LogP contribution in [0.25, 0.3) is 0 Å². The first-order valence-electron chi connectivity index (χ1n) is 13.5. The number of epoxide rings is 2. The molecule has 4 aliphatic heterocycles. The van der Waals surface area contributed by atoms with Crippen molar-refractivity contribution in [2.75, 3.05) is 39.9 Å². The van der Waals surface area contributed by atoms with Crippen molar-refractivity contribution < 1.29 is 28.5 Å². The van der Waals surface area contributed by atoms with Crippen LogP contribution < -0.4 is 0 Å². The van der Waals surface area contributed by atoms with Crippen molar-refractivity contribution in [2.24, 2.45) is 23.7 Å². The molecule has 0 N–H and O–H groups in total. The van der Waals surface area contributed by atoms with Crippen molar-refractivity contribution in [1.82, 2.24) is 9.80 Å². The average Bonchev–Trinajstić information content (AvgIpc) is 3.75. The fraction of sp³-hybridized carbons (Fsp3) is 0.852. The van der Waals surface area contributed by atoms with Gasteiger partial charge < -0.3 is 28.7 Å². The van der Waals surface area contributed by atoms with Crippen molar-refractivity contribution >= 4 is 12.0 Å². The third kappa shape index (κ3) is 4.00. The topological polar surface area (TPSA) is 84.1 Å². The highest BCUT2D eigenvalue weighted by atomic mass is 16.6. The number of amides is 2. The summed E-state index contributed by atoms with van der Waals surface area (Å²) in [7, 11) is 1.70. The minimum absolute atomic E-state index is 0.0246. The molecule has 0 radical (unpaired) electrons. The predicted octanol–water partition coefficient (Wildman–Crippen LogP) is 3.00. The lowest BCUT2D eigenvalue weighted by Crippen LogP contribution is -2.56. The summed E-state index contributed by atoms with van der Waals surface area (Å²) in [6.45, 7) is 10.1. The second kappa shape index (κ2) is 8.45. The Labute approximate surface area is 208 Å². The van der Waals surface area contributed by atoms with E-state index in [1.54, 1.807) is 12.0 Å². The Morgan fingerprint density at radius 2 is 1.80 bits per heavy atom.